The first-order valence-corrected chi connectivity index (χ1v) is 6.93. The summed E-state index contributed by atoms with van der Waals surface area (Å²) in [7, 11) is 0. The van der Waals surface area contributed by atoms with Crippen LogP contribution >= 0.6 is 23.1 Å². The molecule has 3 nitrogen and oxygen atoms in total. The quantitative estimate of drug-likeness (QED) is 0.692. The van der Waals surface area contributed by atoms with Gasteiger partial charge in [0, 0.05) is 11.3 Å². The summed E-state index contributed by atoms with van der Waals surface area (Å²) in [6.45, 7) is -0.226. The molecule has 0 saturated carbocycles. The van der Waals surface area contributed by atoms with Crippen LogP contribution in [-0.2, 0) is 5.75 Å². The Morgan fingerprint density at radius 1 is 1.44 bits per heavy atom. The van der Waals surface area contributed by atoms with E-state index in [1.54, 1.807) is 17.6 Å². The lowest BCUT2D eigenvalue weighted by molar-refractivity contribution is 0.350. The van der Waals surface area contributed by atoms with Crippen LogP contribution in [0.1, 0.15) is 11.1 Å². The number of hydrogen-bond acceptors (Lipinski definition) is 5. The summed E-state index contributed by atoms with van der Waals surface area (Å²) in [6.07, 6.45) is 0. The van der Waals surface area contributed by atoms with Gasteiger partial charge in [0.1, 0.15) is 17.9 Å². The second-order valence-electron chi connectivity index (χ2n) is 3.26. The predicted octanol–water partition coefficient (Wildman–Crippen LogP) is 2.31. The first-order chi connectivity index (χ1) is 8.79. The van der Waals surface area contributed by atoms with Gasteiger partial charge in [-0.3, -0.25) is 0 Å². The predicted molar refractivity (Wildman–Crippen MR) is 69.8 cm³/mol. The number of hydrogen-bond donors (Lipinski definition) is 1. The molecule has 2 aromatic rings. The van der Waals surface area contributed by atoms with E-state index in [0.717, 1.165) is 4.34 Å². The Labute approximate surface area is 112 Å². The molecule has 92 valence electrons. The van der Waals surface area contributed by atoms with E-state index < -0.39 is 0 Å². The molecule has 1 aromatic carbocycles. The van der Waals surface area contributed by atoms with Crippen LogP contribution in [0.15, 0.2) is 28.0 Å². The van der Waals surface area contributed by atoms with Crippen LogP contribution in [-0.4, -0.2) is 21.9 Å². The highest BCUT2D eigenvalue weighted by Gasteiger charge is 2.05. The second-order valence-corrected chi connectivity index (χ2v) is 5.32. The highest BCUT2D eigenvalue weighted by atomic mass is 32.2. The normalized spacial score (nSPS) is 9.89. The molecule has 0 fully saturated rings. The number of thioether (sulfide) groups is 1. The third-order valence-corrected chi connectivity index (χ3v) is 3.97. The Morgan fingerprint density at radius 3 is 3.00 bits per heavy atom. The third kappa shape index (κ3) is 3.53. The molecular formula is C12H9FN2OS2. The fourth-order valence-electron chi connectivity index (χ4n) is 1.25. The van der Waals surface area contributed by atoms with Gasteiger partial charge in [0.25, 0.3) is 0 Å². The Kier molecular flexibility index (Phi) is 4.70. The van der Waals surface area contributed by atoms with Crippen molar-refractivity contribution < 1.29 is 9.50 Å². The zero-order chi connectivity index (χ0) is 12.8. The monoisotopic (exact) mass is 280 g/mol. The van der Waals surface area contributed by atoms with E-state index in [2.05, 4.69) is 22.0 Å². The van der Waals surface area contributed by atoms with E-state index in [1.807, 2.05) is 0 Å². The molecular weight excluding hydrogens is 271 g/mol. The van der Waals surface area contributed by atoms with Crippen molar-refractivity contribution in [3.05, 3.63) is 40.7 Å². The summed E-state index contributed by atoms with van der Waals surface area (Å²) in [5.41, 5.74) is 2.81. The second kappa shape index (κ2) is 6.50. The molecule has 0 amide bonds. The summed E-state index contributed by atoms with van der Waals surface area (Å²) in [4.78, 5) is 0. The van der Waals surface area contributed by atoms with Crippen molar-refractivity contribution >= 4 is 23.1 Å². The molecule has 0 unspecified atom stereocenters. The molecule has 1 aromatic heterocycles. The zero-order valence-corrected chi connectivity index (χ0v) is 10.9. The summed E-state index contributed by atoms with van der Waals surface area (Å²) >= 11 is 2.88. The van der Waals surface area contributed by atoms with E-state index in [1.165, 1.54) is 29.2 Å². The van der Waals surface area contributed by atoms with Crippen LogP contribution in [0.4, 0.5) is 4.39 Å². The summed E-state index contributed by atoms with van der Waals surface area (Å²) in [5, 5.41) is 16.2. The molecule has 0 bridgehead atoms. The molecule has 0 saturated heterocycles. The molecule has 2 rings (SSSR count). The number of aliphatic hydroxyl groups excluding tert-OH is 1. The van der Waals surface area contributed by atoms with Crippen molar-refractivity contribution in [2.24, 2.45) is 0 Å². The van der Waals surface area contributed by atoms with Crippen molar-refractivity contribution in [1.29, 1.82) is 0 Å². The minimum atomic E-state index is -0.295. The number of aromatic nitrogens is 2. The highest BCUT2D eigenvalue weighted by Crippen LogP contribution is 2.25. The number of halogens is 1. The van der Waals surface area contributed by atoms with E-state index >= 15 is 0 Å². The topological polar surface area (TPSA) is 46.0 Å². The largest absolute Gasteiger partial charge is 0.384 e. The summed E-state index contributed by atoms with van der Waals surface area (Å²) in [6, 6.07) is 4.81. The minimum absolute atomic E-state index is 0.226. The SMILES string of the molecule is OCC#Cc1ccc(CSc2nncs2)c(F)c1. The Hall–Kier alpha value is -1.42. The average Bonchev–Trinajstić information content (AvgIpc) is 2.88. The highest BCUT2D eigenvalue weighted by molar-refractivity contribution is 8.00. The van der Waals surface area contributed by atoms with E-state index in [4.69, 9.17) is 5.11 Å². The van der Waals surface area contributed by atoms with Gasteiger partial charge in [-0.2, -0.15) is 0 Å². The summed E-state index contributed by atoms with van der Waals surface area (Å²) in [5.74, 6) is 5.36. The molecule has 0 aliphatic rings. The van der Waals surface area contributed by atoms with Crippen LogP contribution in [0.5, 0.6) is 0 Å². The van der Waals surface area contributed by atoms with E-state index in [0.29, 0.717) is 16.9 Å². The molecule has 6 heteroatoms. The Morgan fingerprint density at radius 2 is 2.33 bits per heavy atom. The van der Waals surface area contributed by atoms with Crippen molar-refractivity contribution in [3.63, 3.8) is 0 Å². The van der Waals surface area contributed by atoms with Gasteiger partial charge in [0.2, 0.25) is 0 Å². The van der Waals surface area contributed by atoms with Crippen LogP contribution in [0.2, 0.25) is 0 Å². The maximum absolute atomic E-state index is 13.7. The van der Waals surface area contributed by atoms with Crippen molar-refractivity contribution in [1.82, 2.24) is 10.2 Å². The number of benzene rings is 1. The maximum Gasteiger partial charge on any atom is 0.174 e. The van der Waals surface area contributed by atoms with Gasteiger partial charge in [0.05, 0.1) is 0 Å². The van der Waals surface area contributed by atoms with Gasteiger partial charge in [0.15, 0.2) is 4.34 Å². The van der Waals surface area contributed by atoms with Gasteiger partial charge in [-0.05, 0) is 17.7 Å². The van der Waals surface area contributed by atoms with Crippen molar-refractivity contribution in [2.75, 3.05) is 6.61 Å². The van der Waals surface area contributed by atoms with Crippen molar-refractivity contribution in [2.45, 2.75) is 10.1 Å². The van der Waals surface area contributed by atoms with Crippen LogP contribution < -0.4 is 0 Å². The van der Waals surface area contributed by atoms with Crippen molar-refractivity contribution in [3.8, 4) is 11.8 Å². The van der Waals surface area contributed by atoms with E-state index in [-0.39, 0.29) is 12.4 Å². The fourth-order valence-corrected chi connectivity index (χ4v) is 2.72. The fraction of sp³-hybridized carbons (Fsp3) is 0.167. The molecule has 0 radical (unpaired) electrons. The number of aliphatic hydroxyl groups is 1. The zero-order valence-electron chi connectivity index (χ0n) is 9.26. The third-order valence-electron chi connectivity index (χ3n) is 2.06. The number of nitrogens with zero attached hydrogens (tertiary/aromatic N) is 2. The van der Waals surface area contributed by atoms with Crippen LogP contribution in [0, 0.1) is 17.7 Å². The van der Waals surface area contributed by atoms with Crippen LogP contribution in [0.3, 0.4) is 0 Å². The van der Waals surface area contributed by atoms with Gasteiger partial charge in [-0.1, -0.05) is 41.0 Å². The lowest BCUT2D eigenvalue weighted by Crippen LogP contribution is -1.89. The maximum atomic E-state index is 13.7. The number of rotatable bonds is 3. The smallest absolute Gasteiger partial charge is 0.174 e. The molecule has 1 N–H and O–H groups in total. The lowest BCUT2D eigenvalue weighted by atomic mass is 10.1. The molecule has 0 aliphatic carbocycles. The lowest BCUT2D eigenvalue weighted by Gasteiger charge is -2.01. The molecule has 1 heterocycles. The van der Waals surface area contributed by atoms with Crippen LogP contribution in [0.25, 0.3) is 0 Å². The van der Waals surface area contributed by atoms with Gasteiger partial charge in [-0.25, -0.2) is 4.39 Å². The minimum Gasteiger partial charge on any atom is -0.384 e. The Balaban J connectivity index is 2.05. The standard InChI is InChI=1S/C12H9FN2OS2/c13-11-6-9(2-1-5-16)3-4-10(11)7-17-12-15-14-8-18-12/h3-4,6,8,16H,5,7H2. The first-order valence-electron chi connectivity index (χ1n) is 5.06. The molecule has 0 aliphatic heterocycles. The first kappa shape index (κ1) is 13.0. The molecule has 0 spiro atoms. The average molecular weight is 280 g/mol. The Bertz CT molecular complexity index is 576. The summed E-state index contributed by atoms with van der Waals surface area (Å²) < 4.78 is 14.5. The van der Waals surface area contributed by atoms with Gasteiger partial charge < -0.3 is 5.11 Å². The van der Waals surface area contributed by atoms with Gasteiger partial charge in [-0.15, -0.1) is 10.2 Å². The molecule has 0 atom stereocenters. The molecule has 18 heavy (non-hydrogen) atoms. The van der Waals surface area contributed by atoms with E-state index in [9.17, 15) is 4.39 Å². The van der Waals surface area contributed by atoms with Gasteiger partial charge >= 0.3 is 0 Å².